The summed E-state index contributed by atoms with van der Waals surface area (Å²) in [5.41, 5.74) is 2.12. The number of nitrogens with one attached hydrogen (secondary N) is 1. The Labute approximate surface area is 109 Å². The number of nitrogens with zero attached hydrogens (tertiary/aromatic N) is 2. The molecule has 0 aromatic carbocycles. The third kappa shape index (κ3) is 5.12. The summed E-state index contributed by atoms with van der Waals surface area (Å²) in [6, 6.07) is 6.88. The molecule has 1 heterocycles. The van der Waals surface area contributed by atoms with Crippen molar-refractivity contribution >= 4 is 0 Å². The van der Waals surface area contributed by atoms with Crippen LogP contribution in [0.4, 0.5) is 0 Å². The van der Waals surface area contributed by atoms with Gasteiger partial charge in [-0.15, -0.1) is 0 Å². The highest BCUT2D eigenvalue weighted by Crippen LogP contribution is 2.19. The molecule has 1 aromatic heterocycles. The van der Waals surface area contributed by atoms with E-state index in [2.05, 4.69) is 27.3 Å². The number of hydrogen-bond donors (Lipinski definition) is 1. The van der Waals surface area contributed by atoms with Gasteiger partial charge in [-0.3, -0.25) is 4.98 Å². The van der Waals surface area contributed by atoms with Gasteiger partial charge >= 0.3 is 0 Å². The van der Waals surface area contributed by atoms with Gasteiger partial charge in [0.15, 0.2) is 0 Å². The maximum Gasteiger partial charge on any atom is 0.0888 e. The number of pyridine rings is 1. The van der Waals surface area contributed by atoms with Crippen LogP contribution in [0.2, 0.25) is 0 Å². The van der Waals surface area contributed by atoms with Gasteiger partial charge in [-0.1, -0.05) is 6.07 Å². The Morgan fingerprint density at radius 2 is 2.11 bits per heavy atom. The zero-order valence-electron chi connectivity index (χ0n) is 11.4. The Morgan fingerprint density at radius 3 is 2.83 bits per heavy atom. The highest BCUT2D eigenvalue weighted by atomic mass is 16.5. The van der Waals surface area contributed by atoms with Crippen molar-refractivity contribution in [1.29, 1.82) is 0 Å². The normalized spacial score (nSPS) is 15.3. The highest BCUT2D eigenvalue weighted by Gasteiger charge is 2.20. The predicted molar refractivity (Wildman–Crippen MR) is 72.3 cm³/mol. The molecule has 1 fully saturated rings. The summed E-state index contributed by atoms with van der Waals surface area (Å²) < 4.78 is 5.60. The first-order valence-corrected chi connectivity index (χ1v) is 6.65. The van der Waals surface area contributed by atoms with Crippen LogP contribution in [-0.4, -0.2) is 43.2 Å². The average molecular weight is 249 g/mol. The molecule has 18 heavy (non-hydrogen) atoms. The molecular formula is C14H23N3O. The van der Waals surface area contributed by atoms with Gasteiger partial charge in [-0.25, -0.2) is 0 Å². The Hall–Kier alpha value is -0.970. The van der Waals surface area contributed by atoms with Crippen LogP contribution in [0.1, 0.15) is 24.2 Å². The van der Waals surface area contributed by atoms with Gasteiger partial charge < -0.3 is 15.0 Å². The van der Waals surface area contributed by atoms with Crippen molar-refractivity contribution in [3.8, 4) is 0 Å². The van der Waals surface area contributed by atoms with E-state index < -0.39 is 0 Å². The van der Waals surface area contributed by atoms with Crippen LogP contribution in [0.25, 0.3) is 0 Å². The van der Waals surface area contributed by atoms with Gasteiger partial charge in [-0.2, -0.15) is 0 Å². The SMILES string of the molecule is CN(C)CCOCc1cccc(CNC2CC2)n1. The standard InChI is InChI=1S/C14H23N3O/c1-17(2)8-9-18-11-14-5-3-4-13(16-14)10-15-12-6-7-12/h3-5,12,15H,6-11H2,1-2H3. The van der Waals surface area contributed by atoms with Crippen LogP contribution in [0.15, 0.2) is 18.2 Å². The number of ether oxygens (including phenoxy) is 1. The Balaban J connectivity index is 1.71. The molecule has 0 saturated heterocycles. The van der Waals surface area contributed by atoms with Crippen molar-refractivity contribution in [2.24, 2.45) is 0 Å². The molecule has 1 aliphatic carbocycles. The van der Waals surface area contributed by atoms with Crippen molar-refractivity contribution in [2.45, 2.75) is 32.0 Å². The second-order valence-corrected chi connectivity index (χ2v) is 5.13. The Bertz CT molecular complexity index is 364. The van der Waals surface area contributed by atoms with Crippen molar-refractivity contribution in [3.05, 3.63) is 29.6 Å². The first-order valence-electron chi connectivity index (χ1n) is 6.65. The average Bonchev–Trinajstić information content (AvgIpc) is 3.17. The molecular weight excluding hydrogens is 226 g/mol. The molecule has 1 saturated carbocycles. The largest absolute Gasteiger partial charge is 0.374 e. The zero-order valence-corrected chi connectivity index (χ0v) is 11.4. The molecule has 4 nitrogen and oxygen atoms in total. The number of hydrogen-bond acceptors (Lipinski definition) is 4. The molecule has 100 valence electrons. The summed E-state index contributed by atoms with van der Waals surface area (Å²) in [7, 11) is 4.09. The van der Waals surface area contributed by atoms with E-state index in [1.165, 1.54) is 12.8 Å². The first-order chi connectivity index (χ1) is 8.74. The van der Waals surface area contributed by atoms with E-state index >= 15 is 0 Å². The summed E-state index contributed by atoms with van der Waals surface area (Å²) in [4.78, 5) is 6.70. The molecule has 0 spiro atoms. The lowest BCUT2D eigenvalue weighted by atomic mass is 10.3. The number of rotatable bonds is 8. The minimum atomic E-state index is 0.602. The quantitative estimate of drug-likeness (QED) is 0.707. The number of likely N-dealkylation sites (N-methyl/N-ethyl adjacent to an activating group) is 1. The van der Waals surface area contributed by atoms with Gasteiger partial charge in [0.2, 0.25) is 0 Å². The molecule has 2 rings (SSSR count). The van der Waals surface area contributed by atoms with Crippen molar-refractivity contribution < 1.29 is 4.74 Å². The van der Waals surface area contributed by atoms with E-state index in [0.29, 0.717) is 6.61 Å². The van der Waals surface area contributed by atoms with Gasteiger partial charge in [0.1, 0.15) is 0 Å². The topological polar surface area (TPSA) is 37.4 Å². The van der Waals surface area contributed by atoms with E-state index in [9.17, 15) is 0 Å². The maximum absolute atomic E-state index is 5.60. The van der Waals surface area contributed by atoms with E-state index in [4.69, 9.17) is 4.74 Å². The fourth-order valence-corrected chi connectivity index (χ4v) is 1.67. The van der Waals surface area contributed by atoms with Gasteiger partial charge in [0.05, 0.1) is 24.6 Å². The van der Waals surface area contributed by atoms with Gasteiger partial charge in [0.25, 0.3) is 0 Å². The third-order valence-corrected chi connectivity index (χ3v) is 2.95. The molecule has 1 N–H and O–H groups in total. The van der Waals surface area contributed by atoms with Crippen LogP contribution in [0.5, 0.6) is 0 Å². The Morgan fingerprint density at radius 1 is 1.33 bits per heavy atom. The lowest BCUT2D eigenvalue weighted by molar-refractivity contribution is 0.103. The van der Waals surface area contributed by atoms with E-state index in [0.717, 1.165) is 37.1 Å². The minimum absolute atomic E-state index is 0.602. The summed E-state index contributed by atoms with van der Waals surface area (Å²) in [5.74, 6) is 0. The Kier molecular flexibility index (Phi) is 5.11. The van der Waals surface area contributed by atoms with Crippen molar-refractivity contribution in [2.75, 3.05) is 27.2 Å². The number of aromatic nitrogens is 1. The van der Waals surface area contributed by atoms with Gasteiger partial charge in [0, 0.05) is 19.1 Å². The second-order valence-electron chi connectivity index (χ2n) is 5.13. The van der Waals surface area contributed by atoms with Crippen LogP contribution < -0.4 is 5.32 Å². The van der Waals surface area contributed by atoms with Crippen LogP contribution in [-0.2, 0) is 17.9 Å². The van der Waals surface area contributed by atoms with E-state index in [1.807, 2.05) is 20.2 Å². The molecule has 0 amide bonds. The molecule has 0 atom stereocenters. The monoisotopic (exact) mass is 249 g/mol. The van der Waals surface area contributed by atoms with Crippen LogP contribution in [0.3, 0.4) is 0 Å². The predicted octanol–water partition coefficient (Wildman–Crippen LogP) is 1.41. The first kappa shape index (κ1) is 13.5. The second kappa shape index (κ2) is 6.83. The maximum atomic E-state index is 5.60. The minimum Gasteiger partial charge on any atom is -0.374 e. The lowest BCUT2D eigenvalue weighted by Gasteiger charge is -2.10. The van der Waals surface area contributed by atoms with Crippen LogP contribution >= 0.6 is 0 Å². The van der Waals surface area contributed by atoms with Crippen LogP contribution in [0, 0.1) is 0 Å². The van der Waals surface area contributed by atoms with Crippen molar-refractivity contribution in [1.82, 2.24) is 15.2 Å². The summed E-state index contributed by atoms with van der Waals surface area (Å²) in [6.07, 6.45) is 2.63. The molecule has 0 aliphatic heterocycles. The molecule has 0 radical (unpaired) electrons. The molecule has 4 heteroatoms. The highest BCUT2D eigenvalue weighted by molar-refractivity contribution is 5.10. The van der Waals surface area contributed by atoms with Gasteiger partial charge in [-0.05, 0) is 39.1 Å². The molecule has 0 unspecified atom stereocenters. The summed E-state index contributed by atoms with van der Waals surface area (Å²) in [6.45, 7) is 3.17. The smallest absolute Gasteiger partial charge is 0.0888 e. The molecule has 0 bridgehead atoms. The molecule has 1 aliphatic rings. The van der Waals surface area contributed by atoms with E-state index in [-0.39, 0.29) is 0 Å². The fourth-order valence-electron chi connectivity index (χ4n) is 1.67. The molecule has 1 aromatic rings. The van der Waals surface area contributed by atoms with E-state index in [1.54, 1.807) is 0 Å². The fraction of sp³-hybridized carbons (Fsp3) is 0.643. The zero-order chi connectivity index (χ0) is 12.8. The third-order valence-electron chi connectivity index (χ3n) is 2.95. The summed E-state index contributed by atoms with van der Waals surface area (Å²) in [5, 5.41) is 3.47. The van der Waals surface area contributed by atoms with Crippen molar-refractivity contribution in [3.63, 3.8) is 0 Å². The summed E-state index contributed by atoms with van der Waals surface area (Å²) >= 11 is 0. The lowest BCUT2D eigenvalue weighted by Crippen LogP contribution is -2.18.